The Hall–Kier alpha value is -2.75. The summed E-state index contributed by atoms with van der Waals surface area (Å²) in [7, 11) is -0.310. The van der Waals surface area contributed by atoms with Gasteiger partial charge in [0.05, 0.1) is 17.7 Å². The summed E-state index contributed by atoms with van der Waals surface area (Å²) in [4.78, 5) is 17.4. The first-order chi connectivity index (χ1) is 16.3. The molecule has 0 saturated heterocycles. The van der Waals surface area contributed by atoms with E-state index in [1.807, 2.05) is 30.5 Å². The predicted molar refractivity (Wildman–Crippen MR) is 135 cm³/mol. The quantitative estimate of drug-likeness (QED) is 0.474. The van der Waals surface area contributed by atoms with Crippen molar-refractivity contribution in [3.05, 3.63) is 59.0 Å². The van der Waals surface area contributed by atoms with E-state index in [4.69, 9.17) is 4.74 Å². The monoisotopic (exact) mass is 499 g/mol. The number of benzene rings is 2. The van der Waals surface area contributed by atoms with Gasteiger partial charge in [-0.2, -0.15) is 4.31 Å². The van der Waals surface area contributed by atoms with Crippen molar-refractivity contribution in [3.8, 4) is 17.0 Å². The van der Waals surface area contributed by atoms with Crippen molar-refractivity contribution in [2.45, 2.75) is 50.0 Å². The van der Waals surface area contributed by atoms with Gasteiger partial charge in [-0.25, -0.2) is 13.4 Å². The maximum atomic E-state index is 13.0. The molecular formula is C25H29N3O4S2. The summed E-state index contributed by atoms with van der Waals surface area (Å²) in [5.74, 6) is 0.472. The van der Waals surface area contributed by atoms with Crippen LogP contribution in [-0.2, 0) is 10.0 Å². The summed E-state index contributed by atoms with van der Waals surface area (Å²) in [5.41, 5.74) is 3.07. The fraction of sp³-hybridized carbons (Fsp3) is 0.360. The molecular weight excluding hydrogens is 470 g/mol. The van der Waals surface area contributed by atoms with Gasteiger partial charge in [0.15, 0.2) is 5.13 Å². The molecule has 34 heavy (non-hydrogen) atoms. The van der Waals surface area contributed by atoms with Gasteiger partial charge in [0, 0.05) is 29.6 Å². The van der Waals surface area contributed by atoms with E-state index in [0.717, 1.165) is 54.7 Å². The van der Waals surface area contributed by atoms with E-state index in [-0.39, 0.29) is 16.8 Å². The first kappa shape index (κ1) is 24.4. The van der Waals surface area contributed by atoms with Crippen molar-refractivity contribution in [3.63, 3.8) is 0 Å². The van der Waals surface area contributed by atoms with E-state index >= 15 is 0 Å². The second-order valence-electron chi connectivity index (χ2n) is 8.51. The Morgan fingerprint density at radius 3 is 2.47 bits per heavy atom. The van der Waals surface area contributed by atoms with Crippen LogP contribution >= 0.6 is 11.3 Å². The summed E-state index contributed by atoms with van der Waals surface area (Å²) < 4.78 is 32.8. The van der Waals surface area contributed by atoms with Gasteiger partial charge in [0.1, 0.15) is 5.75 Å². The lowest BCUT2D eigenvalue weighted by atomic mass is 9.96. The number of nitrogens with one attached hydrogen (secondary N) is 1. The van der Waals surface area contributed by atoms with Crippen molar-refractivity contribution in [1.29, 1.82) is 0 Å². The normalized spacial score (nSPS) is 14.8. The molecule has 1 fully saturated rings. The van der Waals surface area contributed by atoms with E-state index in [9.17, 15) is 13.2 Å². The average Bonchev–Trinajstić information content (AvgIpc) is 3.32. The Morgan fingerprint density at radius 1 is 1.12 bits per heavy atom. The molecule has 9 heteroatoms. The van der Waals surface area contributed by atoms with Crippen LogP contribution in [0.15, 0.2) is 52.7 Å². The minimum Gasteiger partial charge on any atom is -0.496 e. The number of rotatable bonds is 7. The zero-order valence-electron chi connectivity index (χ0n) is 19.6. The first-order valence-electron chi connectivity index (χ1n) is 11.3. The number of carbonyl (C=O) groups is 1. The van der Waals surface area contributed by atoms with Crippen LogP contribution in [-0.4, -0.2) is 43.8 Å². The highest BCUT2D eigenvalue weighted by Gasteiger charge is 2.29. The summed E-state index contributed by atoms with van der Waals surface area (Å²) in [6.07, 6.45) is 5.05. The van der Waals surface area contributed by atoms with E-state index in [2.05, 4.69) is 10.3 Å². The first-order valence-corrected chi connectivity index (χ1v) is 13.6. The van der Waals surface area contributed by atoms with Gasteiger partial charge < -0.3 is 4.74 Å². The Bertz CT molecular complexity index is 1260. The number of nitrogens with zero attached hydrogens (tertiary/aromatic N) is 2. The maximum Gasteiger partial charge on any atom is 0.257 e. The molecule has 1 aliphatic carbocycles. The third kappa shape index (κ3) is 5.16. The van der Waals surface area contributed by atoms with Gasteiger partial charge in [0.2, 0.25) is 10.0 Å². The number of thiazole rings is 1. The van der Waals surface area contributed by atoms with Crippen molar-refractivity contribution in [2.24, 2.45) is 0 Å². The molecule has 1 saturated carbocycles. The zero-order chi connectivity index (χ0) is 24.3. The molecule has 3 aromatic rings. The van der Waals surface area contributed by atoms with Crippen LogP contribution < -0.4 is 10.1 Å². The van der Waals surface area contributed by atoms with Gasteiger partial charge in [-0.1, -0.05) is 19.3 Å². The van der Waals surface area contributed by atoms with Crippen LogP contribution in [0.4, 0.5) is 5.13 Å². The summed E-state index contributed by atoms with van der Waals surface area (Å²) in [6.45, 7) is 1.97. The van der Waals surface area contributed by atoms with E-state index in [1.54, 1.807) is 14.2 Å². The number of amides is 1. The van der Waals surface area contributed by atoms with Crippen molar-refractivity contribution in [1.82, 2.24) is 9.29 Å². The average molecular weight is 500 g/mol. The molecule has 7 nitrogen and oxygen atoms in total. The van der Waals surface area contributed by atoms with E-state index in [1.165, 1.54) is 39.9 Å². The van der Waals surface area contributed by atoms with Gasteiger partial charge in [-0.05, 0) is 67.8 Å². The second-order valence-corrected chi connectivity index (χ2v) is 11.4. The second kappa shape index (κ2) is 10.2. The van der Waals surface area contributed by atoms with Gasteiger partial charge in [-0.3, -0.25) is 10.1 Å². The molecule has 1 N–H and O–H groups in total. The molecule has 1 aromatic heterocycles. The number of anilines is 1. The molecule has 0 atom stereocenters. The number of aryl methyl sites for hydroxylation is 1. The highest BCUT2D eigenvalue weighted by Crippen LogP contribution is 2.29. The molecule has 1 heterocycles. The van der Waals surface area contributed by atoms with Crippen LogP contribution in [0.3, 0.4) is 0 Å². The number of carbonyl (C=O) groups excluding carboxylic acids is 1. The smallest absolute Gasteiger partial charge is 0.257 e. The molecule has 4 rings (SSSR count). The van der Waals surface area contributed by atoms with Crippen LogP contribution in [0, 0.1) is 6.92 Å². The molecule has 1 aliphatic rings. The summed E-state index contributed by atoms with van der Waals surface area (Å²) in [6, 6.07) is 11.9. The Labute approximate surface area is 204 Å². The highest BCUT2D eigenvalue weighted by atomic mass is 32.2. The number of sulfonamides is 1. The topological polar surface area (TPSA) is 88.6 Å². The lowest BCUT2D eigenvalue weighted by Crippen LogP contribution is -2.38. The minimum absolute atomic E-state index is 0.0373. The van der Waals surface area contributed by atoms with E-state index < -0.39 is 10.0 Å². The van der Waals surface area contributed by atoms with Gasteiger partial charge in [-0.15, -0.1) is 11.3 Å². The van der Waals surface area contributed by atoms with Crippen LogP contribution in [0.2, 0.25) is 0 Å². The molecule has 180 valence electrons. The van der Waals surface area contributed by atoms with E-state index in [0.29, 0.717) is 10.7 Å². The van der Waals surface area contributed by atoms with Crippen molar-refractivity contribution >= 4 is 32.4 Å². The van der Waals surface area contributed by atoms with Crippen LogP contribution in [0.5, 0.6) is 5.75 Å². The molecule has 0 spiro atoms. The van der Waals surface area contributed by atoms with Crippen molar-refractivity contribution < 1.29 is 17.9 Å². The fourth-order valence-electron chi connectivity index (χ4n) is 4.26. The van der Waals surface area contributed by atoms with Crippen LogP contribution in [0.25, 0.3) is 11.3 Å². The Kier molecular flexibility index (Phi) is 7.35. The number of hydrogen-bond acceptors (Lipinski definition) is 6. The third-order valence-corrected chi connectivity index (χ3v) is 8.98. The maximum absolute atomic E-state index is 13.0. The highest BCUT2D eigenvalue weighted by molar-refractivity contribution is 7.89. The number of ether oxygens (including phenoxy) is 1. The fourth-order valence-corrected chi connectivity index (χ4v) is 6.39. The number of methoxy groups -OCH3 is 1. The molecule has 0 radical (unpaired) electrons. The van der Waals surface area contributed by atoms with Gasteiger partial charge in [0.25, 0.3) is 5.91 Å². The van der Waals surface area contributed by atoms with Gasteiger partial charge >= 0.3 is 0 Å². The lowest BCUT2D eigenvalue weighted by Gasteiger charge is -2.30. The molecule has 0 unspecified atom stereocenters. The third-order valence-electron chi connectivity index (χ3n) is 6.30. The minimum atomic E-state index is -3.59. The number of aromatic nitrogens is 1. The molecule has 0 aliphatic heterocycles. The Balaban J connectivity index is 1.44. The predicted octanol–water partition coefficient (Wildman–Crippen LogP) is 5.33. The SMILES string of the molecule is COc1ccc(-c2csc(NC(=O)c3ccc(S(=O)(=O)N(C)C4CCCCC4)cc3)n2)cc1C. The standard InChI is InChI=1S/C25H29N3O4S2/c1-17-15-19(11-14-23(17)32-3)22-16-33-25(26-22)27-24(29)18-9-12-21(13-10-18)34(30,31)28(2)20-7-5-4-6-8-20/h9-16,20H,4-8H2,1-3H3,(H,26,27,29). The molecule has 0 bridgehead atoms. The summed E-state index contributed by atoms with van der Waals surface area (Å²) >= 11 is 1.33. The van der Waals surface area contributed by atoms with Crippen LogP contribution in [0.1, 0.15) is 48.0 Å². The molecule has 1 amide bonds. The number of hydrogen-bond donors (Lipinski definition) is 1. The zero-order valence-corrected chi connectivity index (χ0v) is 21.2. The lowest BCUT2D eigenvalue weighted by molar-refractivity contribution is 0.102. The summed E-state index contributed by atoms with van der Waals surface area (Å²) in [5, 5.41) is 5.16. The Morgan fingerprint density at radius 2 is 1.82 bits per heavy atom. The molecule has 2 aromatic carbocycles. The van der Waals surface area contributed by atoms with Crippen molar-refractivity contribution in [2.75, 3.05) is 19.5 Å². The largest absolute Gasteiger partial charge is 0.496 e.